The number of nitrogens with one attached hydrogen (secondary N) is 2. The second-order valence-corrected chi connectivity index (χ2v) is 12.2. The number of amides is 3. The number of hydrogen-bond donors (Lipinski definition) is 2. The van der Waals surface area contributed by atoms with Gasteiger partial charge in [0, 0.05) is 49.5 Å². The summed E-state index contributed by atoms with van der Waals surface area (Å²) in [6, 6.07) is 8.87. The van der Waals surface area contributed by atoms with Crippen LogP contribution in [0, 0.1) is 35.5 Å². The number of nitrogens with zero attached hydrogens (tertiary/aromatic N) is 2. The zero-order chi connectivity index (χ0) is 23.4. The Morgan fingerprint density at radius 2 is 1.50 bits per heavy atom. The number of rotatable bonds is 4. The molecule has 0 radical (unpaired) electrons. The average Bonchev–Trinajstić information content (AvgIpc) is 3.24. The van der Waals surface area contributed by atoms with E-state index in [4.69, 9.17) is 0 Å². The minimum Gasteiger partial charge on any atom is -0.371 e. The molecule has 1 aromatic rings. The van der Waals surface area contributed by atoms with Crippen LogP contribution in [0.3, 0.4) is 0 Å². The van der Waals surface area contributed by atoms with Gasteiger partial charge in [0.25, 0.3) is 5.91 Å². The number of carbonyl (C=O) groups is 2. The lowest BCUT2D eigenvalue weighted by atomic mass is 9.54. The van der Waals surface area contributed by atoms with Crippen molar-refractivity contribution in [1.82, 2.24) is 15.5 Å². The van der Waals surface area contributed by atoms with Crippen LogP contribution in [0.15, 0.2) is 24.3 Å². The number of piperidine rings is 1. The Balaban J connectivity index is 1.05. The van der Waals surface area contributed by atoms with Gasteiger partial charge in [0.15, 0.2) is 0 Å². The highest BCUT2D eigenvalue weighted by molar-refractivity contribution is 5.94. The maximum absolute atomic E-state index is 13.1. The predicted octanol–water partition coefficient (Wildman–Crippen LogP) is 4.12. The van der Waals surface area contributed by atoms with Gasteiger partial charge in [0.1, 0.15) is 0 Å². The molecule has 6 aliphatic rings. The van der Waals surface area contributed by atoms with Crippen molar-refractivity contribution in [2.24, 2.45) is 35.5 Å². The maximum atomic E-state index is 13.1. The number of anilines is 1. The Hall–Kier alpha value is -2.24. The molecule has 4 saturated carbocycles. The van der Waals surface area contributed by atoms with Crippen molar-refractivity contribution in [3.8, 4) is 0 Å². The molecule has 3 amide bonds. The molecular weight excluding hydrogens is 424 g/mol. The molecule has 6 nitrogen and oxygen atoms in total. The number of urea groups is 1. The predicted molar refractivity (Wildman–Crippen MR) is 134 cm³/mol. The van der Waals surface area contributed by atoms with Crippen molar-refractivity contribution in [2.45, 2.75) is 64.5 Å². The highest BCUT2D eigenvalue weighted by atomic mass is 16.2. The van der Waals surface area contributed by atoms with E-state index in [1.54, 1.807) is 0 Å². The molecule has 0 spiro atoms. The van der Waals surface area contributed by atoms with Gasteiger partial charge < -0.3 is 20.4 Å². The van der Waals surface area contributed by atoms with Gasteiger partial charge in [-0.1, -0.05) is 0 Å². The first kappa shape index (κ1) is 22.2. The van der Waals surface area contributed by atoms with Crippen molar-refractivity contribution in [1.29, 1.82) is 0 Å². The van der Waals surface area contributed by atoms with Crippen molar-refractivity contribution >= 4 is 17.6 Å². The molecule has 34 heavy (non-hydrogen) atoms. The third kappa shape index (κ3) is 4.18. The molecule has 2 aliphatic heterocycles. The molecule has 4 bridgehead atoms. The Morgan fingerprint density at radius 3 is 2.15 bits per heavy atom. The van der Waals surface area contributed by atoms with Crippen LogP contribution in [0.2, 0.25) is 0 Å². The lowest BCUT2D eigenvalue weighted by Crippen LogP contribution is -2.55. The van der Waals surface area contributed by atoms with E-state index >= 15 is 0 Å². The molecule has 2 N–H and O–H groups in total. The monoisotopic (exact) mass is 464 g/mol. The summed E-state index contributed by atoms with van der Waals surface area (Å²) in [6.07, 6.45) is 7.81. The van der Waals surface area contributed by atoms with Gasteiger partial charge in [-0.15, -0.1) is 0 Å². The highest BCUT2D eigenvalue weighted by Crippen LogP contribution is 2.53. The minimum absolute atomic E-state index is 0.0707. The van der Waals surface area contributed by atoms with E-state index in [0.717, 1.165) is 50.0 Å². The Morgan fingerprint density at radius 1 is 0.853 bits per heavy atom. The van der Waals surface area contributed by atoms with Crippen LogP contribution in [-0.2, 0) is 0 Å². The van der Waals surface area contributed by atoms with Crippen molar-refractivity contribution in [3.05, 3.63) is 29.8 Å². The van der Waals surface area contributed by atoms with Gasteiger partial charge in [-0.25, -0.2) is 4.79 Å². The van der Waals surface area contributed by atoms with Crippen LogP contribution in [0.4, 0.5) is 10.5 Å². The lowest BCUT2D eigenvalue weighted by Gasteiger charge is -2.54. The van der Waals surface area contributed by atoms with Crippen molar-refractivity contribution in [2.75, 3.05) is 31.1 Å². The normalized spacial score (nSPS) is 36.0. The fourth-order valence-electron chi connectivity index (χ4n) is 8.12. The number of fused-ring (bicyclic) bond motifs is 1. The van der Waals surface area contributed by atoms with Crippen molar-refractivity contribution < 1.29 is 9.59 Å². The minimum atomic E-state index is 0.0707. The van der Waals surface area contributed by atoms with Gasteiger partial charge >= 0.3 is 6.03 Å². The largest absolute Gasteiger partial charge is 0.371 e. The first-order valence-electron chi connectivity index (χ1n) is 13.6. The molecule has 2 heterocycles. The van der Waals surface area contributed by atoms with Gasteiger partial charge in [-0.2, -0.15) is 0 Å². The van der Waals surface area contributed by atoms with E-state index in [1.807, 2.05) is 30.9 Å². The molecule has 2 unspecified atom stereocenters. The Kier molecular flexibility index (Phi) is 5.73. The smallest absolute Gasteiger partial charge is 0.317 e. The van der Waals surface area contributed by atoms with E-state index in [1.165, 1.54) is 37.8 Å². The third-order valence-electron chi connectivity index (χ3n) is 9.52. The molecule has 1 aromatic carbocycles. The molecule has 6 heteroatoms. The van der Waals surface area contributed by atoms with Gasteiger partial charge in [-0.05, 0) is 112 Å². The fraction of sp³-hybridized carbons (Fsp3) is 0.714. The van der Waals surface area contributed by atoms with E-state index in [2.05, 4.69) is 27.7 Å². The fourth-order valence-corrected chi connectivity index (χ4v) is 8.12. The Bertz CT molecular complexity index is 901. The van der Waals surface area contributed by atoms with E-state index < -0.39 is 0 Å². The first-order valence-corrected chi connectivity index (χ1v) is 13.6. The summed E-state index contributed by atoms with van der Waals surface area (Å²) >= 11 is 0. The van der Waals surface area contributed by atoms with Crippen LogP contribution in [0.1, 0.15) is 62.7 Å². The molecule has 4 aliphatic carbocycles. The highest BCUT2D eigenvalue weighted by Gasteiger charge is 2.48. The zero-order valence-corrected chi connectivity index (χ0v) is 20.7. The zero-order valence-electron chi connectivity index (χ0n) is 20.7. The summed E-state index contributed by atoms with van der Waals surface area (Å²) in [5, 5.41) is 6.47. The number of carbonyl (C=O) groups excluding carboxylic acids is 2. The van der Waals surface area contributed by atoms with Crippen LogP contribution >= 0.6 is 0 Å². The second kappa shape index (κ2) is 8.76. The molecular formula is C28H40N4O2. The average molecular weight is 465 g/mol. The molecule has 0 aromatic heterocycles. The quantitative estimate of drug-likeness (QED) is 0.705. The van der Waals surface area contributed by atoms with Crippen LogP contribution in [-0.4, -0.2) is 55.1 Å². The van der Waals surface area contributed by atoms with Crippen molar-refractivity contribution in [3.63, 3.8) is 0 Å². The lowest BCUT2D eigenvalue weighted by molar-refractivity contribution is -0.0119. The topological polar surface area (TPSA) is 64.7 Å². The summed E-state index contributed by atoms with van der Waals surface area (Å²) < 4.78 is 0. The summed E-state index contributed by atoms with van der Waals surface area (Å²) in [4.78, 5) is 30.0. The first-order chi connectivity index (χ1) is 16.4. The van der Waals surface area contributed by atoms with E-state index in [-0.39, 0.29) is 18.0 Å². The summed E-state index contributed by atoms with van der Waals surface area (Å²) in [5.41, 5.74) is 1.98. The SMILES string of the molecule is CC(C)NC(=O)N1CCC2CN(c3ccc(C(=O)NC4C5CC6CC(C5)CC4C6)cc3)CC2C1. The van der Waals surface area contributed by atoms with Gasteiger partial charge in [-0.3, -0.25) is 4.79 Å². The van der Waals surface area contributed by atoms with Gasteiger partial charge in [0.2, 0.25) is 0 Å². The summed E-state index contributed by atoms with van der Waals surface area (Å²) in [7, 11) is 0. The van der Waals surface area contributed by atoms with Gasteiger partial charge in [0.05, 0.1) is 0 Å². The van der Waals surface area contributed by atoms with Crippen LogP contribution < -0.4 is 15.5 Å². The maximum Gasteiger partial charge on any atom is 0.317 e. The number of hydrogen-bond acceptors (Lipinski definition) is 3. The standard InChI is InChI=1S/C28H40N4O2/c1-17(2)29-28(34)31-8-7-21-14-32(16-24(21)15-31)25-5-3-20(4-6-25)27(33)30-26-22-10-18-9-19(12-22)13-23(26)11-18/h3-6,17-19,21-24,26H,7-16H2,1-2H3,(H,29,34)(H,30,33). The Labute approximate surface area is 203 Å². The molecule has 184 valence electrons. The molecule has 2 saturated heterocycles. The number of benzene rings is 1. The second-order valence-electron chi connectivity index (χ2n) is 12.2. The van der Waals surface area contributed by atoms with E-state index in [9.17, 15) is 9.59 Å². The summed E-state index contributed by atoms with van der Waals surface area (Å²) in [5.74, 6) is 4.52. The summed E-state index contributed by atoms with van der Waals surface area (Å²) in [6.45, 7) is 7.73. The van der Waals surface area contributed by atoms with Crippen LogP contribution in [0.5, 0.6) is 0 Å². The van der Waals surface area contributed by atoms with E-state index in [0.29, 0.717) is 29.7 Å². The van der Waals surface area contributed by atoms with Crippen LogP contribution in [0.25, 0.3) is 0 Å². The molecule has 2 atom stereocenters. The third-order valence-corrected chi connectivity index (χ3v) is 9.52. The molecule has 7 rings (SSSR count). The molecule has 6 fully saturated rings. The number of likely N-dealkylation sites (tertiary alicyclic amines) is 1.